The number of halogens is 2. The van der Waals surface area contributed by atoms with Crippen LogP contribution in [0.4, 0.5) is 14.5 Å². The molecule has 3 amide bonds. The van der Waals surface area contributed by atoms with Gasteiger partial charge in [-0.25, -0.2) is 8.78 Å². The number of anilines is 1. The van der Waals surface area contributed by atoms with E-state index in [0.29, 0.717) is 17.3 Å². The first kappa shape index (κ1) is 19.0. The van der Waals surface area contributed by atoms with Gasteiger partial charge in [0.05, 0.1) is 5.56 Å². The van der Waals surface area contributed by atoms with Gasteiger partial charge in [0.25, 0.3) is 11.8 Å². The number of benzene rings is 2. The van der Waals surface area contributed by atoms with Crippen LogP contribution in [-0.4, -0.2) is 31.3 Å². The fraction of sp³-hybridized carbons (Fsp3) is 0.167. The first-order chi connectivity index (χ1) is 12.4. The number of nitrogens with one attached hydrogen (secondary N) is 3. The first-order valence-electron chi connectivity index (χ1n) is 7.76. The predicted octanol–water partition coefficient (Wildman–Crippen LogP) is 2.08. The molecular formula is C18H17F2N3O3. The van der Waals surface area contributed by atoms with Crippen LogP contribution < -0.4 is 16.0 Å². The van der Waals surface area contributed by atoms with Crippen LogP contribution in [0.15, 0.2) is 42.5 Å². The summed E-state index contributed by atoms with van der Waals surface area (Å²) in [5, 5.41) is 7.47. The van der Waals surface area contributed by atoms with Gasteiger partial charge in [0.15, 0.2) is 0 Å². The molecule has 0 atom stereocenters. The smallest absolute Gasteiger partial charge is 0.254 e. The Morgan fingerprint density at radius 1 is 1.00 bits per heavy atom. The Balaban J connectivity index is 1.85. The Morgan fingerprint density at radius 3 is 2.46 bits per heavy atom. The maximum atomic E-state index is 13.5. The van der Waals surface area contributed by atoms with Crippen molar-refractivity contribution in [3.63, 3.8) is 0 Å². The molecule has 0 spiro atoms. The van der Waals surface area contributed by atoms with Crippen molar-refractivity contribution in [3.8, 4) is 0 Å². The SMILES string of the molecule is CNC(=O)c1cccc(NC(=O)CCNC(=O)c2ccc(F)cc2F)c1. The average Bonchev–Trinajstić information content (AvgIpc) is 2.61. The Morgan fingerprint density at radius 2 is 1.77 bits per heavy atom. The van der Waals surface area contributed by atoms with E-state index in [0.717, 1.165) is 12.1 Å². The van der Waals surface area contributed by atoms with Gasteiger partial charge in [0.1, 0.15) is 11.6 Å². The molecule has 0 heterocycles. The minimum atomic E-state index is -0.974. The molecule has 136 valence electrons. The van der Waals surface area contributed by atoms with Gasteiger partial charge in [0.2, 0.25) is 5.91 Å². The van der Waals surface area contributed by atoms with Crippen LogP contribution in [0.2, 0.25) is 0 Å². The molecule has 2 aromatic carbocycles. The maximum Gasteiger partial charge on any atom is 0.254 e. The van der Waals surface area contributed by atoms with Gasteiger partial charge in [-0.15, -0.1) is 0 Å². The van der Waals surface area contributed by atoms with Crippen LogP contribution in [0.5, 0.6) is 0 Å². The topological polar surface area (TPSA) is 87.3 Å². The normalized spacial score (nSPS) is 10.1. The van der Waals surface area contributed by atoms with Crippen molar-refractivity contribution in [2.75, 3.05) is 18.9 Å². The second-order valence-corrected chi connectivity index (χ2v) is 5.34. The number of hydrogen-bond donors (Lipinski definition) is 3. The third-order valence-corrected chi connectivity index (χ3v) is 3.45. The molecule has 0 saturated heterocycles. The number of carbonyl (C=O) groups is 3. The van der Waals surface area contributed by atoms with Gasteiger partial charge >= 0.3 is 0 Å². The van der Waals surface area contributed by atoms with Crippen molar-refractivity contribution in [1.82, 2.24) is 10.6 Å². The summed E-state index contributed by atoms with van der Waals surface area (Å²) in [6.45, 7) is -0.0311. The van der Waals surface area contributed by atoms with Crippen molar-refractivity contribution >= 4 is 23.4 Å². The van der Waals surface area contributed by atoms with Crippen molar-refractivity contribution in [2.24, 2.45) is 0 Å². The van der Waals surface area contributed by atoms with E-state index in [4.69, 9.17) is 0 Å². The lowest BCUT2D eigenvalue weighted by molar-refractivity contribution is -0.116. The lowest BCUT2D eigenvalue weighted by Crippen LogP contribution is -2.28. The van der Waals surface area contributed by atoms with E-state index in [9.17, 15) is 23.2 Å². The molecule has 0 aliphatic heterocycles. The molecule has 0 aliphatic rings. The molecule has 6 nitrogen and oxygen atoms in total. The summed E-state index contributed by atoms with van der Waals surface area (Å²) >= 11 is 0. The Hall–Kier alpha value is -3.29. The molecule has 0 saturated carbocycles. The van der Waals surface area contributed by atoms with Gasteiger partial charge in [-0.05, 0) is 30.3 Å². The summed E-state index contributed by atoms with van der Waals surface area (Å²) in [7, 11) is 1.50. The summed E-state index contributed by atoms with van der Waals surface area (Å²) in [4.78, 5) is 35.3. The summed E-state index contributed by atoms with van der Waals surface area (Å²) in [6, 6.07) is 8.99. The van der Waals surface area contributed by atoms with Crippen LogP contribution in [-0.2, 0) is 4.79 Å². The number of rotatable bonds is 6. The minimum Gasteiger partial charge on any atom is -0.355 e. The fourth-order valence-corrected chi connectivity index (χ4v) is 2.16. The van der Waals surface area contributed by atoms with Gasteiger partial charge in [-0.3, -0.25) is 14.4 Å². The molecule has 0 aromatic heterocycles. The van der Waals surface area contributed by atoms with Crippen LogP contribution in [0.1, 0.15) is 27.1 Å². The fourth-order valence-electron chi connectivity index (χ4n) is 2.16. The van der Waals surface area contributed by atoms with Gasteiger partial charge in [-0.1, -0.05) is 6.07 Å². The van der Waals surface area contributed by atoms with Crippen molar-refractivity contribution in [2.45, 2.75) is 6.42 Å². The van der Waals surface area contributed by atoms with Gasteiger partial charge in [0, 0.05) is 37.3 Å². The van der Waals surface area contributed by atoms with Gasteiger partial charge in [-0.2, -0.15) is 0 Å². The molecule has 2 rings (SSSR count). The lowest BCUT2D eigenvalue weighted by Gasteiger charge is -2.08. The average molecular weight is 361 g/mol. The maximum absolute atomic E-state index is 13.5. The molecular weight excluding hydrogens is 344 g/mol. The van der Waals surface area contributed by atoms with E-state index < -0.39 is 17.5 Å². The molecule has 0 aliphatic carbocycles. The Bertz CT molecular complexity index is 840. The zero-order valence-electron chi connectivity index (χ0n) is 13.9. The summed E-state index contributed by atoms with van der Waals surface area (Å²) in [5.41, 5.74) is 0.530. The predicted molar refractivity (Wildman–Crippen MR) is 91.8 cm³/mol. The van der Waals surface area contributed by atoms with E-state index in [1.165, 1.54) is 13.1 Å². The lowest BCUT2D eigenvalue weighted by atomic mass is 10.2. The largest absolute Gasteiger partial charge is 0.355 e. The van der Waals surface area contributed by atoms with Crippen molar-refractivity contribution < 1.29 is 23.2 Å². The van der Waals surface area contributed by atoms with E-state index >= 15 is 0 Å². The third kappa shape index (κ3) is 5.10. The summed E-state index contributed by atoms with van der Waals surface area (Å²) in [5.74, 6) is -3.17. The first-order valence-corrected chi connectivity index (χ1v) is 7.76. The quantitative estimate of drug-likeness (QED) is 0.736. The highest BCUT2D eigenvalue weighted by Crippen LogP contribution is 2.11. The molecule has 2 aromatic rings. The van der Waals surface area contributed by atoms with E-state index in [1.807, 2.05) is 0 Å². The number of hydrogen-bond acceptors (Lipinski definition) is 3. The zero-order valence-corrected chi connectivity index (χ0v) is 13.9. The van der Waals surface area contributed by atoms with Crippen LogP contribution in [0.25, 0.3) is 0 Å². The highest BCUT2D eigenvalue weighted by molar-refractivity contribution is 5.97. The molecule has 3 N–H and O–H groups in total. The van der Waals surface area contributed by atoms with E-state index in [2.05, 4.69) is 16.0 Å². The van der Waals surface area contributed by atoms with E-state index in [-0.39, 0.29) is 30.3 Å². The van der Waals surface area contributed by atoms with Crippen LogP contribution >= 0.6 is 0 Å². The van der Waals surface area contributed by atoms with E-state index in [1.54, 1.807) is 18.2 Å². The second-order valence-electron chi connectivity index (χ2n) is 5.34. The Labute approximate surface area is 148 Å². The number of carbonyl (C=O) groups excluding carboxylic acids is 3. The summed E-state index contributed by atoms with van der Waals surface area (Å²) in [6.07, 6.45) is -0.0568. The zero-order chi connectivity index (χ0) is 19.1. The molecule has 0 radical (unpaired) electrons. The monoisotopic (exact) mass is 361 g/mol. The standard InChI is InChI=1S/C18H17F2N3O3/c1-21-17(25)11-3-2-4-13(9-11)23-16(24)7-8-22-18(26)14-6-5-12(19)10-15(14)20/h2-6,9-10H,7-8H2,1H3,(H,21,25)(H,22,26)(H,23,24). The third-order valence-electron chi connectivity index (χ3n) is 3.45. The summed E-state index contributed by atoms with van der Waals surface area (Å²) < 4.78 is 26.3. The van der Waals surface area contributed by atoms with Gasteiger partial charge < -0.3 is 16.0 Å². The minimum absolute atomic E-state index is 0.0311. The van der Waals surface area contributed by atoms with Crippen molar-refractivity contribution in [3.05, 3.63) is 65.2 Å². The van der Waals surface area contributed by atoms with Crippen LogP contribution in [0, 0.1) is 11.6 Å². The highest BCUT2D eigenvalue weighted by Gasteiger charge is 2.13. The second kappa shape index (κ2) is 8.70. The molecule has 0 fully saturated rings. The molecule has 0 bridgehead atoms. The molecule has 26 heavy (non-hydrogen) atoms. The highest BCUT2D eigenvalue weighted by atomic mass is 19.1. The van der Waals surface area contributed by atoms with Crippen molar-refractivity contribution in [1.29, 1.82) is 0 Å². The number of amides is 3. The molecule has 0 unspecified atom stereocenters. The van der Waals surface area contributed by atoms with Crippen LogP contribution in [0.3, 0.4) is 0 Å². The molecule has 8 heteroatoms. The Kier molecular flexibility index (Phi) is 6.37.